The Morgan fingerprint density at radius 1 is 1.14 bits per heavy atom. The quantitative estimate of drug-likeness (QED) is 0.708. The van der Waals surface area contributed by atoms with E-state index in [1.807, 2.05) is 0 Å². The molecule has 0 radical (unpaired) electrons. The largest absolute Gasteiger partial charge is 0.468 e. The van der Waals surface area contributed by atoms with Gasteiger partial charge in [-0.25, -0.2) is 0 Å². The molecule has 0 bridgehead atoms. The number of benzene rings is 1. The third-order valence-electron chi connectivity index (χ3n) is 1.53. The van der Waals surface area contributed by atoms with Crippen molar-refractivity contribution in [3.63, 3.8) is 0 Å². The van der Waals surface area contributed by atoms with Gasteiger partial charge in [-0.1, -0.05) is 0 Å². The zero-order valence-electron chi connectivity index (χ0n) is 7.47. The van der Waals surface area contributed by atoms with Crippen molar-refractivity contribution in [1.82, 2.24) is 0 Å². The standard InChI is InChI=1S/C9H9F3O2/c1-13-6-14-8-4-2-7(3-5-8)9(10,11)12/h2-5H,6H2,1H3. The first kappa shape index (κ1) is 10.8. The summed E-state index contributed by atoms with van der Waals surface area (Å²) in [5, 5.41) is 0. The van der Waals surface area contributed by atoms with Gasteiger partial charge >= 0.3 is 6.18 Å². The predicted octanol–water partition coefficient (Wildman–Crippen LogP) is 2.69. The molecule has 1 rings (SSSR count). The molecule has 0 amide bonds. The first-order valence-electron chi connectivity index (χ1n) is 3.83. The average molecular weight is 206 g/mol. The van der Waals surface area contributed by atoms with Crippen molar-refractivity contribution in [3.8, 4) is 5.75 Å². The normalized spacial score (nSPS) is 11.4. The number of halogens is 3. The van der Waals surface area contributed by atoms with Crippen LogP contribution in [0.3, 0.4) is 0 Å². The second-order valence-electron chi connectivity index (χ2n) is 2.57. The summed E-state index contributed by atoms with van der Waals surface area (Å²) in [6.45, 7) is 0.0192. The van der Waals surface area contributed by atoms with Crippen molar-refractivity contribution >= 4 is 0 Å². The Morgan fingerprint density at radius 2 is 1.71 bits per heavy atom. The summed E-state index contributed by atoms with van der Waals surface area (Å²) in [5.41, 5.74) is -0.692. The summed E-state index contributed by atoms with van der Waals surface area (Å²) in [5.74, 6) is 0.347. The van der Waals surface area contributed by atoms with Gasteiger partial charge in [0.05, 0.1) is 5.56 Å². The minimum Gasteiger partial charge on any atom is -0.468 e. The van der Waals surface area contributed by atoms with E-state index in [0.29, 0.717) is 5.75 Å². The average Bonchev–Trinajstić information content (AvgIpc) is 2.14. The fourth-order valence-electron chi connectivity index (χ4n) is 0.867. The second kappa shape index (κ2) is 4.32. The zero-order chi connectivity index (χ0) is 10.6. The molecule has 0 aromatic heterocycles. The molecule has 0 aliphatic carbocycles. The van der Waals surface area contributed by atoms with E-state index in [2.05, 4.69) is 4.74 Å². The maximum absolute atomic E-state index is 12.1. The lowest BCUT2D eigenvalue weighted by Crippen LogP contribution is -2.05. The van der Waals surface area contributed by atoms with Crippen molar-refractivity contribution in [2.24, 2.45) is 0 Å². The molecule has 5 heteroatoms. The minimum atomic E-state index is -4.31. The lowest BCUT2D eigenvalue weighted by atomic mass is 10.2. The summed E-state index contributed by atoms with van der Waals surface area (Å²) in [4.78, 5) is 0. The van der Waals surface area contributed by atoms with E-state index in [9.17, 15) is 13.2 Å². The molecular weight excluding hydrogens is 197 g/mol. The third kappa shape index (κ3) is 2.92. The van der Waals surface area contributed by atoms with Gasteiger partial charge in [-0.2, -0.15) is 13.2 Å². The van der Waals surface area contributed by atoms with E-state index in [0.717, 1.165) is 12.1 Å². The second-order valence-corrected chi connectivity index (χ2v) is 2.57. The van der Waals surface area contributed by atoms with Crippen LogP contribution in [0, 0.1) is 0 Å². The van der Waals surface area contributed by atoms with Crippen LogP contribution in [-0.4, -0.2) is 13.9 Å². The lowest BCUT2D eigenvalue weighted by Gasteiger charge is -2.08. The lowest BCUT2D eigenvalue weighted by molar-refractivity contribution is -0.137. The van der Waals surface area contributed by atoms with E-state index in [1.54, 1.807) is 0 Å². The van der Waals surface area contributed by atoms with Gasteiger partial charge < -0.3 is 9.47 Å². The Balaban J connectivity index is 2.69. The number of hydrogen-bond donors (Lipinski definition) is 0. The van der Waals surface area contributed by atoms with Crippen LogP contribution < -0.4 is 4.74 Å². The van der Waals surface area contributed by atoms with Crippen LogP contribution in [0.2, 0.25) is 0 Å². The third-order valence-corrected chi connectivity index (χ3v) is 1.53. The number of alkyl halides is 3. The van der Waals surface area contributed by atoms with E-state index in [-0.39, 0.29) is 6.79 Å². The Kier molecular flexibility index (Phi) is 3.35. The van der Waals surface area contributed by atoms with Gasteiger partial charge in [0.1, 0.15) is 5.75 Å². The maximum Gasteiger partial charge on any atom is 0.416 e. The molecule has 2 nitrogen and oxygen atoms in total. The molecule has 0 N–H and O–H groups in total. The Hall–Kier alpha value is -1.23. The monoisotopic (exact) mass is 206 g/mol. The van der Waals surface area contributed by atoms with Crippen LogP contribution in [0.1, 0.15) is 5.56 Å². The van der Waals surface area contributed by atoms with Gasteiger partial charge in [-0.05, 0) is 24.3 Å². The van der Waals surface area contributed by atoms with Crippen molar-refractivity contribution in [3.05, 3.63) is 29.8 Å². The molecule has 0 spiro atoms. The van der Waals surface area contributed by atoms with E-state index in [4.69, 9.17) is 4.74 Å². The Morgan fingerprint density at radius 3 is 2.14 bits per heavy atom. The smallest absolute Gasteiger partial charge is 0.416 e. The summed E-state index contributed by atoms with van der Waals surface area (Å²) >= 11 is 0. The summed E-state index contributed by atoms with van der Waals surface area (Å²) in [7, 11) is 1.43. The van der Waals surface area contributed by atoms with E-state index in [1.165, 1.54) is 19.2 Å². The molecule has 0 aliphatic rings. The molecule has 0 fully saturated rings. The number of rotatable bonds is 3. The van der Waals surface area contributed by atoms with E-state index >= 15 is 0 Å². The first-order valence-corrected chi connectivity index (χ1v) is 3.83. The molecule has 14 heavy (non-hydrogen) atoms. The molecule has 0 saturated carbocycles. The van der Waals surface area contributed by atoms with Crippen molar-refractivity contribution in [1.29, 1.82) is 0 Å². The first-order chi connectivity index (χ1) is 6.54. The molecule has 1 aromatic rings. The van der Waals surface area contributed by atoms with Crippen molar-refractivity contribution < 1.29 is 22.6 Å². The SMILES string of the molecule is COCOc1ccc(C(F)(F)F)cc1. The summed E-state index contributed by atoms with van der Waals surface area (Å²) < 4.78 is 45.9. The molecule has 0 saturated heterocycles. The molecule has 0 unspecified atom stereocenters. The van der Waals surface area contributed by atoms with Gasteiger partial charge in [0.25, 0.3) is 0 Å². The van der Waals surface area contributed by atoms with Crippen LogP contribution in [0.15, 0.2) is 24.3 Å². The van der Waals surface area contributed by atoms with Crippen LogP contribution in [0.25, 0.3) is 0 Å². The van der Waals surface area contributed by atoms with Crippen LogP contribution in [0.4, 0.5) is 13.2 Å². The highest BCUT2D eigenvalue weighted by Crippen LogP contribution is 2.30. The Bertz CT molecular complexity index is 279. The summed E-state index contributed by atoms with van der Waals surface area (Å²) in [6.07, 6.45) is -4.31. The van der Waals surface area contributed by atoms with E-state index < -0.39 is 11.7 Å². The van der Waals surface area contributed by atoms with Gasteiger partial charge in [-0.3, -0.25) is 0 Å². The molecule has 0 aliphatic heterocycles. The molecular formula is C9H9F3O2. The molecule has 1 aromatic carbocycles. The maximum atomic E-state index is 12.1. The minimum absolute atomic E-state index is 0.0192. The topological polar surface area (TPSA) is 18.5 Å². The van der Waals surface area contributed by atoms with Crippen LogP contribution in [0.5, 0.6) is 5.75 Å². The number of methoxy groups -OCH3 is 1. The molecule has 0 atom stereocenters. The number of hydrogen-bond acceptors (Lipinski definition) is 2. The van der Waals surface area contributed by atoms with Crippen LogP contribution in [-0.2, 0) is 10.9 Å². The predicted molar refractivity (Wildman–Crippen MR) is 43.9 cm³/mol. The van der Waals surface area contributed by atoms with Crippen molar-refractivity contribution in [2.75, 3.05) is 13.9 Å². The Labute approximate surface area is 79.2 Å². The fourth-order valence-corrected chi connectivity index (χ4v) is 0.867. The van der Waals surface area contributed by atoms with Crippen molar-refractivity contribution in [2.45, 2.75) is 6.18 Å². The highest BCUT2D eigenvalue weighted by atomic mass is 19.4. The highest BCUT2D eigenvalue weighted by molar-refractivity contribution is 5.28. The zero-order valence-corrected chi connectivity index (χ0v) is 7.47. The van der Waals surface area contributed by atoms with Gasteiger partial charge in [0.15, 0.2) is 6.79 Å². The fraction of sp³-hybridized carbons (Fsp3) is 0.333. The molecule has 78 valence electrons. The van der Waals surface area contributed by atoms with Gasteiger partial charge in [0, 0.05) is 7.11 Å². The molecule has 0 heterocycles. The number of ether oxygens (including phenoxy) is 2. The highest BCUT2D eigenvalue weighted by Gasteiger charge is 2.29. The van der Waals surface area contributed by atoms with Gasteiger partial charge in [-0.15, -0.1) is 0 Å². The van der Waals surface area contributed by atoms with Crippen LogP contribution >= 0.6 is 0 Å². The van der Waals surface area contributed by atoms with Gasteiger partial charge in [0.2, 0.25) is 0 Å². The summed E-state index contributed by atoms with van der Waals surface area (Å²) in [6, 6.07) is 4.43.